The minimum absolute atomic E-state index is 0.0281. The average Bonchev–Trinajstić information content (AvgIpc) is 2.74. The number of aromatic nitrogens is 1. The summed E-state index contributed by atoms with van der Waals surface area (Å²) < 4.78 is 0. The third-order valence-electron chi connectivity index (χ3n) is 3.02. The third kappa shape index (κ3) is 1.86. The molecule has 0 spiro atoms. The van der Waals surface area contributed by atoms with E-state index >= 15 is 0 Å². The number of anilines is 1. The first-order valence-electron chi connectivity index (χ1n) is 5.45. The molecule has 1 unspecified atom stereocenters. The predicted octanol–water partition coefficient (Wildman–Crippen LogP) is 0.992. The van der Waals surface area contributed by atoms with Crippen molar-refractivity contribution in [1.82, 2.24) is 9.88 Å². The molecule has 86 valence electrons. The minimum atomic E-state index is 0.0281. The fourth-order valence-corrected chi connectivity index (χ4v) is 2.09. The van der Waals surface area contributed by atoms with Gasteiger partial charge in [-0.05, 0) is 25.8 Å². The summed E-state index contributed by atoms with van der Waals surface area (Å²) in [6.07, 6.45) is 5.31. The molecule has 1 aliphatic rings. The van der Waals surface area contributed by atoms with Gasteiger partial charge in [0, 0.05) is 18.8 Å². The monoisotopic (exact) mass is 220 g/mol. The van der Waals surface area contributed by atoms with Gasteiger partial charge in [-0.15, -0.1) is 0 Å². The number of nitrogens with one attached hydrogen (secondary N) is 1. The fraction of sp³-hybridized carbons (Fsp3) is 0.455. The van der Waals surface area contributed by atoms with E-state index in [0.29, 0.717) is 17.3 Å². The molecule has 0 bridgehead atoms. The fourth-order valence-electron chi connectivity index (χ4n) is 2.09. The van der Waals surface area contributed by atoms with E-state index in [2.05, 4.69) is 17.3 Å². The maximum Gasteiger partial charge on any atom is 0.256 e. The number of amides is 1. The Morgan fingerprint density at radius 2 is 2.50 bits per heavy atom. The number of carbonyl (C=O) groups excluding carboxylic acids is 1. The van der Waals surface area contributed by atoms with E-state index in [1.807, 2.05) is 4.90 Å². The highest BCUT2D eigenvalue weighted by Crippen LogP contribution is 2.22. The number of carbonyl (C=O) groups is 1. The van der Waals surface area contributed by atoms with Crippen molar-refractivity contribution in [2.24, 2.45) is 5.84 Å². The van der Waals surface area contributed by atoms with Crippen molar-refractivity contribution in [1.29, 1.82) is 0 Å². The van der Waals surface area contributed by atoms with Crippen molar-refractivity contribution in [3.8, 4) is 0 Å². The van der Waals surface area contributed by atoms with Crippen LogP contribution in [0.15, 0.2) is 18.5 Å². The zero-order chi connectivity index (χ0) is 11.5. The zero-order valence-electron chi connectivity index (χ0n) is 9.31. The lowest BCUT2D eigenvalue weighted by Crippen LogP contribution is -2.34. The molecule has 1 atom stereocenters. The van der Waals surface area contributed by atoms with Gasteiger partial charge in [0.15, 0.2) is 0 Å². The van der Waals surface area contributed by atoms with Crippen LogP contribution in [-0.4, -0.2) is 28.4 Å². The van der Waals surface area contributed by atoms with Gasteiger partial charge in [0.2, 0.25) is 0 Å². The second-order valence-electron chi connectivity index (χ2n) is 4.06. The normalized spacial score (nSPS) is 19.9. The first-order chi connectivity index (χ1) is 7.74. The molecule has 3 N–H and O–H groups in total. The van der Waals surface area contributed by atoms with Crippen LogP contribution < -0.4 is 11.3 Å². The molecule has 2 heterocycles. The van der Waals surface area contributed by atoms with Gasteiger partial charge in [0.25, 0.3) is 5.91 Å². The molecule has 2 rings (SSSR count). The van der Waals surface area contributed by atoms with Crippen molar-refractivity contribution >= 4 is 11.6 Å². The summed E-state index contributed by atoms with van der Waals surface area (Å²) in [5.41, 5.74) is 3.67. The van der Waals surface area contributed by atoms with Gasteiger partial charge in [-0.1, -0.05) is 0 Å². The molecule has 1 aromatic heterocycles. The molecule has 0 saturated carbocycles. The third-order valence-corrected chi connectivity index (χ3v) is 3.02. The SMILES string of the molecule is CC1CCCN1C(=O)c1ccncc1NN. The molecule has 0 aliphatic carbocycles. The van der Waals surface area contributed by atoms with E-state index in [1.54, 1.807) is 18.5 Å². The summed E-state index contributed by atoms with van der Waals surface area (Å²) in [6.45, 7) is 2.90. The van der Waals surface area contributed by atoms with Crippen LogP contribution in [0.5, 0.6) is 0 Å². The Morgan fingerprint density at radius 1 is 1.69 bits per heavy atom. The quantitative estimate of drug-likeness (QED) is 0.576. The van der Waals surface area contributed by atoms with E-state index < -0.39 is 0 Å². The van der Waals surface area contributed by atoms with Gasteiger partial charge in [-0.2, -0.15) is 0 Å². The second-order valence-corrected chi connectivity index (χ2v) is 4.06. The molecule has 1 saturated heterocycles. The minimum Gasteiger partial charge on any atom is -0.336 e. The summed E-state index contributed by atoms with van der Waals surface area (Å²) in [5.74, 6) is 5.39. The number of nitrogen functional groups attached to an aromatic ring is 1. The molecular formula is C11H16N4O. The number of hydrogen-bond acceptors (Lipinski definition) is 4. The number of hydrogen-bond donors (Lipinski definition) is 2. The second kappa shape index (κ2) is 4.49. The molecule has 1 fully saturated rings. The molecule has 1 amide bonds. The predicted molar refractivity (Wildman–Crippen MR) is 61.8 cm³/mol. The van der Waals surface area contributed by atoms with E-state index in [0.717, 1.165) is 19.4 Å². The molecular weight excluding hydrogens is 204 g/mol. The number of hydrazine groups is 1. The number of likely N-dealkylation sites (tertiary alicyclic amines) is 1. The van der Waals surface area contributed by atoms with Gasteiger partial charge in [-0.3, -0.25) is 15.6 Å². The Bertz CT molecular complexity index is 393. The van der Waals surface area contributed by atoms with E-state index in [9.17, 15) is 4.79 Å². The van der Waals surface area contributed by atoms with Crippen LogP contribution >= 0.6 is 0 Å². The van der Waals surface area contributed by atoms with Crippen LogP contribution in [0.3, 0.4) is 0 Å². The molecule has 0 aromatic carbocycles. The lowest BCUT2D eigenvalue weighted by Gasteiger charge is -2.22. The smallest absolute Gasteiger partial charge is 0.256 e. The Morgan fingerprint density at radius 3 is 3.12 bits per heavy atom. The summed E-state index contributed by atoms with van der Waals surface area (Å²) >= 11 is 0. The summed E-state index contributed by atoms with van der Waals surface area (Å²) in [4.78, 5) is 18.1. The van der Waals surface area contributed by atoms with Crippen molar-refractivity contribution in [2.45, 2.75) is 25.8 Å². The van der Waals surface area contributed by atoms with E-state index in [4.69, 9.17) is 5.84 Å². The molecule has 1 aromatic rings. The summed E-state index contributed by atoms with van der Waals surface area (Å²) in [7, 11) is 0. The highest BCUT2D eigenvalue weighted by Gasteiger charge is 2.27. The number of rotatable bonds is 2. The maximum atomic E-state index is 12.2. The molecule has 1 aliphatic heterocycles. The van der Waals surface area contributed by atoms with Crippen molar-refractivity contribution in [3.05, 3.63) is 24.0 Å². The van der Waals surface area contributed by atoms with Crippen LogP contribution in [0.25, 0.3) is 0 Å². The van der Waals surface area contributed by atoms with Crippen LogP contribution in [0.4, 0.5) is 5.69 Å². The van der Waals surface area contributed by atoms with Crippen molar-refractivity contribution < 1.29 is 4.79 Å². The number of nitrogens with zero attached hydrogens (tertiary/aromatic N) is 2. The lowest BCUT2D eigenvalue weighted by atomic mass is 10.2. The Hall–Kier alpha value is -1.62. The summed E-state index contributed by atoms with van der Waals surface area (Å²) in [5, 5.41) is 0. The van der Waals surface area contributed by atoms with Crippen LogP contribution in [-0.2, 0) is 0 Å². The van der Waals surface area contributed by atoms with Gasteiger partial charge in [-0.25, -0.2) is 0 Å². The van der Waals surface area contributed by atoms with Crippen molar-refractivity contribution in [2.75, 3.05) is 12.0 Å². The van der Waals surface area contributed by atoms with Gasteiger partial charge in [0.1, 0.15) is 0 Å². The number of nitrogens with two attached hydrogens (primary N) is 1. The van der Waals surface area contributed by atoms with Crippen molar-refractivity contribution in [3.63, 3.8) is 0 Å². The Labute approximate surface area is 94.6 Å². The maximum absolute atomic E-state index is 12.2. The Balaban J connectivity index is 2.26. The lowest BCUT2D eigenvalue weighted by molar-refractivity contribution is 0.0748. The first-order valence-corrected chi connectivity index (χ1v) is 5.45. The molecule has 0 radical (unpaired) electrons. The molecule has 5 heteroatoms. The topological polar surface area (TPSA) is 71.2 Å². The highest BCUT2D eigenvalue weighted by atomic mass is 16.2. The summed E-state index contributed by atoms with van der Waals surface area (Å²) in [6, 6.07) is 2.01. The van der Waals surface area contributed by atoms with E-state index in [1.165, 1.54) is 0 Å². The van der Waals surface area contributed by atoms with E-state index in [-0.39, 0.29) is 5.91 Å². The Kier molecular flexibility index (Phi) is 3.05. The van der Waals surface area contributed by atoms with Crippen LogP contribution in [0, 0.1) is 0 Å². The van der Waals surface area contributed by atoms with Crippen LogP contribution in [0.1, 0.15) is 30.1 Å². The molecule has 16 heavy (non-hydrogen) atoms. The highest BCUT2D eigenvalue weighted by molar-refractivity contribution is 5.99. The average molecular weight is 220 g/mol. The molecule has 5 nitrogen and oxygen atoms in total. The largest absolute Gasteiger partial charge is 0.336 e. The first kappa shape index (κ1) is 10.9. The number of pyridine rings is 1. The van der Waals surface area contributed by atoms with Gasteiger partial charge >= 0.3 is 0 Å². The van der Waals surface area contributed by atoms with Crippen LogP contribution in [0.2, 0.25) is 0 Å². The van der Waals surface area contributed by atoms with Gasteiger partial charge < -0.3 is 10.3 Å². The standard InChI is InChI=1S/C11H16N4O/c1-8-3-2-6-15(8)11(16)9-4-5-13-7-10(9)14-12/h4-5,7-8,14H,2-3,6,12H2,1H3. The van der Waals surface area contributed by atoms with Gasteiger partial charge in [0.05, 0.1) is 17.4 Å². The zero-order valence-corrected chi connectivity index (χ0v) is 9.31.